The fourth-order valence-electron chi connectivity index (χ4n) is 3.83. The molecule has 0 bridgehead atoms. The van der Waals surface area contributed by atoms with E-state index in [0.717, 1.165) is 40.6 Å². The van der Waals surface area contributed by atoms with Gasteiger partial charge in [-0.25, -0.2) is 4.68 Å². The van der Waals surface area contributed by atoms with Crippen molar-refractivity contribution in [3.63, 3.8) is 0 Å². The summed E-state index contributed by atoms with van der Waals surface area (Å²) in [6.45, 7) is 3.03. The Morgan fingerprint density at radius 3 is 2.41 bits per heavy atom. The molecule has 1 aliphatic heterocycles. The number of anilines is 1. The van der Waals surface area contributed by atoms with Gasteiger partial charge in [0.25, 0.3) is 0 Å². The van der Waals surface area contributed by atoms with Crippen LogP contribution >= 0.6 is 11.3 Å². The summed E-state index contributed by atoms with van der Waals surface area (Å²) >= 11 is 1.64. The minimum atomic E-state index is 0.0315. The van der Waals surface area contributed by atoms with Crippen LogP contribution in [0.2, 0.25) is 0 Å². The summed E-state index contributed by atoms with van der Waals surface area (Å²) in [5.41, 5.74) is 3.95. The van der Waals surface area contributed by atoms with Gasteiger partial charge >= 0.3 is 0 Å². The van der Waals surface area contributed by atoms with Gasteiger partial charge < -0.3 is 9.80 Å². The van der Waals surface area contributed by atoms with Crippen LogP contribution in [0.5, 0.6) is 0 Å². The molecule has 0 saturated carbocycles. The van der Waals surface area contributed by atoms with E-state index in [9.17, 15) is 4.79 Å². The molecule has 0 N–H and O–H groups in total. The van der Waals surface area contributed by atoms with Gasteiger partial charge in [-0.05, 0) is 41.8 Å². The lowest BCUT2D eigenvalue weighted by Crippen LogP contribution is -2.48. The molecule has 0 aliphatic carbocycles. The molecule has 160 valence electrons. The van der Waals surface area contributed by atoms with Gasteiger partial charge in [-0.1, -0.05) is 24.3 Å². The van der Waals surface area contributed by atoms with E-state index in [1.165, 1.54) is 0 Å². The molecule has 0 atom stereocenters. The lowest BCUT2D eigenvalue weighted by Gasteiger charge is -2.35. The zero-order chi connectivity index (χ0) is 21.8. The predicted molar refractivity (Wildman–Crippen MR) is 129 cm³/mol. The van der Waals surface area contributed by atoms with E-state index in [0.29, 0.717) is 13.1 Å². The summed E-state index contributed by atoms with van der Waals surface area (Å²) in [7, 11) is 0. The SMILES string of the molecule is O=C(C=Cc1cn(-c2ccccc2)nc1-c1cccs1)N1CCN(c2ccncc2)CC1. The lowest BCUT2D eigenvalue weighted by atomic mass is 10.2. The Morgan fingerprint density at radius 2 is 1.69 bits per heavy atom. The number of thiophene rings is 1. The summed E-state index contributed by atoms with van der Waals surface area (Å²) in [5, 5.41) is 6.84. The van der Waals surface area contributed by atoms with Crippen LogP contribution < -0.4 is 4.90 Å². The molecule has 1 aliphatic rings. The van der Waals surface area contributed by atoms with Crippen LogP contribution in [0.1, 0.15) is 5.56 Å². The first-order valence-electron chi connectivity index (χ1n) is 10.6. The largest absolute Gasteiger partial charge is 0.368 e. The van der Waals surface area contributed by atoms with Crippen molar-refractivity contribution in [1.29, 1.82) is 0 Å². The Hall–Kier alpha value is -3.71. The molecule has 6 nitrogen and oxygen atoms in total. The van der Waals surface area contributed by atoms with E-state index >= 15 is 0 Å². The highest BCUT2D eigenvalue weighted by molar-refractivity contribution is 7.13. The minimum Gasteiger partial charge on any atom is -0.368 e. The van der Waals surface area contributed by atoms with Crippen molar-refractivity contribution in [2.24, 2.45) is 0 Å². The molecule has 1 fully saturated rings. The van der Waals surface area contributed by atoms with E-state index in [-0.39, 0.29) is 5.91 Å². The number of pyridine rings is 1. The number of carbonyl (C=O) groups excluding carboxylic acids is 1. The zero-order valence-corrected chi connectivity index (χ0v) is 18.4. The van der Waals surface area contributed by atoms with Crippen molar-refractivity contribution in [3.05, 3.63) is 90.2 Å². The predicted octanol–water partition coefficient (Wildman–Crippen LogP) is 4.36. The first-order valence-corrected chi connectivity index (χ1v) is 11.5. The fraction of sp³-hybridized carbons (Fsp3) is 0.160. The minimum absolute atomic E-state index is 0.0315. The summed E-state index contributed by atoms with van der Waals surface area (Å²) in [6.07, 6.45) is 9.15. The number of aromatic nitrogens is 3. The zero-order valence-electron chi connectivity index (χ0n) is 17.5. The van der Waals surface area contributed by atoms with Crippen LogP contribution in [0.4, 0.5) is 5.69 Å². The van der Waals surface area contributed by atoms with Gasteiger partial charge in [-0.2, -0.15) is 5.10 Å². The van der Waals surface area contributed by atoms with Gasteiger partial charge in [0.1, 0.15) is 5.69 Å². The van der Waals surface area contributed by atoms with Gasteiger partial charge in [0.05, 0.1) is 10.6 Å². The third kappa shape index (κ3) is 4.33. The van der Waals surface area contributed by atoms with Crippen molar-refractivity contribution in [1.82, 2.24) is 19.7 Å². The van der Waals surface area contributed by atoms with Gasteiger partial charge in [0, 0.05) is 62.1 Å². The first kappa shape index (κ1) is 20.2. The molecule has 0 spiro atoms. The summed E-state index contributed by atoms with van der Waals surface area (Å²) in [6, 6.07) is 18.1. The second-order valence-corrected chi connectivity index (χ2v) is 8.49. The second kappa shape index (κ2) is 9.20. The number of rotatable bonds is 5. The Bertz CT molecular complexity index is 1190. The van der Waals surface area contributed by atoms with Gasteiger partial charge in [-0.15, -0.1) is 11.3 Å². The van der Waals surface area contributed by atoms with E-state index in [1.54, 1.807) is 29.8 Å². The highest BCUT2D eigenvalue weighted by Crippen LogP contribution is 2.28. The van der Waals surface area contributed by atoms with Gasteiger partial charge in [0.15, 0.2) is 0 Å². The Balaban J connectivity index is 1.32. The summed E-state index contributed by atoms with van der Waals surface area (Å²) < 4.78 is 1.87. The van der Waals surface area contributed by atoms with Crippen LogP contribution in [0.3, 0.4) is 0 Å². The van der Waals surface area contributed by atoms with Crippen LogP contribution in [-0.2, 0) is 4.79 Å². The second-order valence-electron chi connectivity index (χ2n) is 7.54. The molecule has 3 aromatic heterocycles. The molecule has 0 unspecified atom stereocenters. The number of benzene rings is 1. The number of piperazine rings is 1. The maximum absolute atomic E-state index is 12.9. The standard InChI is InChI=1S/C25H23N5OS/c31-24(29-16-14-28(15-17-29)21-10-12-26-13-11-21)9-8-20-19-30(22-5-2-1-3-6-22)27-25(20)23-7-4-18-32-23/h1-13,18-19H,14-17H2. The molecule has 1 amide bonds. The summed E-state index contributed by atoms with van der Waals surface area (Å²) in [4.78, 5) is 22.2. The van der Waals surface area contributed by atoms with Gasteiger partial charge in [0.2, 0.25) is 5.91 Å². The molecule has 1 saturated heterocycles. The molecule has 1 aromatic carbocycles. The molecule has 4 heterocycles. The monoisotopic (exact) mass is 441 g/mol. The molecular formula is C25H23N5OS. The quantitative estimate of drug-likeness (QED) is 0.432. The van der Waals surface area contributed by atoms with Crippen molar-refractivity contribution in [3.8, 4) is 16.3 Å². The fourth-order valence-corrected chi connectivity index (χ4v) is 4.56. The Kier molecular flexibility index (Phi) is 5.81. The highest BCUT2D eigenvalue weighted by atomic mass is 32.1. The number of nitrogens with zero attached hydrogens (tertiary/aromatic N) is 5. The van der Waals surface area contributed by atoms with E-state index in [2.05, 4.69) is 16.0 Å². The molecule has 7 heteroatoms. The normalized spacial score (nSPS) is 14.2. The van der Waals surface area contributed by atoms with E-state index < -0.39 is 0 Å². The van der Waals surface area contributed by atoms with Crippen molar-refractivity contribution >= 4 is 29.0 Å². The van der Waals surface area contributed by atoms with Gasteiger partial charge in [-0.3, -0.25) is 9.78 Å². The van der Waals surface area contributed by atoms with Crippen molar-refractivity contribution < 1.29 is 4.79 Å². The smallest absolute Gasteiger partial charge is 0.246 e. The Morgan fingerprint density at radius 1 is 0.906 bits per heavy atom. The van der Waals surface area contributed by atoms with Crippen molar-refractivity contribution in [2.75, 3.05) is 31.1 Å². The van der Waals surface area contributed by atoms with Crippen LogP contribution in [-0.4, -0.2) is 51.8 Å². The highest BCUT2D eigenvalue weighted by Gasteiger charge is 2.20. The van der Waals surface area contributed by atoms with Crippen LogP contribution in [0, 0.1) is 0 Å². The molecule has 32 heavy (non-hydrogen) atoms. The lowest BCUT2D eigenvalue weighted by molar-refractivity contribution is -0.126. The number of para-hydroxylation sites is 1. The number of carbonyl (C=O) groups is 1. The molecule has 5 rings (SSSR count). The first-order chi connectivity index (χ1) is 15.8. The average molecular weight is 442 g/mol. The average Bonchev–Trinajstić information content (AvgIpc) is 3.54. The topological polar surface area (TPSA) is 54.3 Å². The molecule has 4 aromatic rings. The van der Waals surface area contributed by atoms with Crippen LogP contribution in [0.25, 0.3) is 22.3 Å². The third-order valence-corrected chi connectivity index (χ3v) is 6.42. The maximum Gasteiger partial charge on any atom is 0.246 e. The Labute approximate surface area is 191 Å². The number of hydrogen-bond donors (Lipinski definition) is 0. The third-order valence-electron chi connectivity index (χ3n) is 5.54. The van der Waals surface area contributed by atoms with E-state index in [1.807, 2.05) is 75.8 Å². The number of hydrogen-bond acceptors (Lipinski definition) is 5. The van der Waals surface area contributed by atoms with Crippen LogP contribution in [0.15, 0.2) is 84.6 Å². The maximum atomic E-state index is 12.9. The molecule has 0 radical (unpaired) electrons. The van der Waals surface area contributed by atoms with Crippen molar-refractivity contribution in [2.45, 2.75) is 0 Å². The number of amides is 1. The van der Waals surface area contributed by atoms with E-state index in [4.69, 9.17) is 5.10 Å². The summed E-state index contributed by atoms with van der Waals surface area (Å²) in [5.74, 6) is 0.0315. The molecular weight excluding hydrogens is 418 g/mol.